The van der Waals surface area contributed by atoms with E-state index < -0.39 is 0 Å². The molecule has 0 aromatic carbocycles. The first-order valence-electron chi connectivity index (χ1n) is 2.75. The van der Waals surface area contributed by atoms with E-state index in [1.165, 1.54) is 13.2 Å². The van der Waals surface area contributed by atoms with E-state index in [2.05, 4.69) is 10.2 Å². The van der Waals surface area contributed by atoms with Crippen LogP contribution in [0.3, 0.4) is 0 Å². The van der Waals surface area contributed by atoms with Crippen LogP contribution >= 0.6 is 11.6 Å². The predicted molar refractivity (Wildman–Crippen MR) is 38.3 cm³/mol. The molecule has 1 rings (SSSR count). The first kappa shape index (κ1) is 7.76. The molecule has 0 fully saturated rings. The Bertz CT molecular complexity index is 307. The van der Waals surface area contributed by atoms with E-state index in [0.717, 1.165) is 0 Å². The van der Waals surface area contributed by atoms with Crippen LogP contribution in [0, 0.1) is 11.3 Å². The number of hydrogen-bond donors (Lipinski definition) is 0. The normalized spacial score (nSPS) is 8.82. The van der Waals surface area contributed by atoms with Crippen LogP contribution in [0.4, 0.5) is 0 Å². The van der Waals surface area contributed by atoms with Crippen LogP contribution in [0.2, 0.25) is 5.15 Å². The molecule has 5 heteroatoms. The molecule has 0 N–H and O–H groups in total. The second kappa shape index (κ2) is 3.17. The van der Waals surface area contributed by atoms with Crippen LogP contribution in [-0.4, -0.2) is 17.3 Å². The number of hydrogen-bond acceptors (Lipinski definition) is 4. The van der Waals surface area contributed by atoms with E-state index in [0.29, 0.717) is 5.75 Å². The highest BCUT2D eigenvalue weighted by atomic mass is 35.5. The number of aromatic nitrogens is 2. The summed E-state index contributed by atoms with van der Waals surface area (Å²) in [6.45, 7) is 0. The van der Waals surface area contributed by atoms with Crippen molar-refractivity contribution in [3.63, 3.8) is 0 Å². The highest BCUT2D eigenvalue weighted by Gasteiger charge is 2.04. The average Bonchev–Trinajstić information content (AvgIpc) is 2.04. The Morgan fingerprint density at radius 3 is 2.91 bits per heavy atom. The van der Waals surface area contributed by atoms with E-state index in [9.17, 15) is 0 Å². The Morgan fingerprint density at radius 2 is 2.36 bits per heavy atom. The topological polar surface area (TPSA) is 58.8 Å². The van der Waals surface area contributed by atoms with Crippen LogP contribution < -0.4 is 4.74 Å². The van der Waals surface area contributed by atoms with Gasteiger partial charge >= 0.3 is 0 Å². The molecular formula is C6H4ClN3O. The fourth-order valence-electron chi connectivity index (χ4n) is 0.586. The Labute approximate surface area is 68.4 Å². The zero-order chi connectivity index (χ0) is 8.27. The van der Waals surface area contributed by atoms with Crippen LogP contribution in [0.25, 0.3) is 0 Å². The zero-order valence-corrected chi connectivity index (χ0v) is 6.46. The largest absolute Gasteiger partial charge is 0.494 e. The number of nitriles is 1. The number of rotatable bonds is 1. The lowest BCUT2D eigenvalue weighted by molar-refractivity contribution is 0.410. The minimum absolute atomic E-state index is 0.136. The van der Waals surface area contributed by atoms with E-state index >= 15 is 0 Å². The maximum absolute atomic E-state index is 8.46. The van der Waals surface area contributed by atoms with Crippen molar-refractivity contribution in [2.75, 3.05) is 7.11 Å². The molecule has 0 radical (unpaired) electrons. The third kappa shape index (κ3) is 1.57. The Balaban J connectivity index is 3.19. The highest BCUT2D eigenvalue weighted by Crippen LogP contribution is 2.16. The number of methoxy groups -OCH3 is 1. The summed E-state index contributed by atoms with van der Waals surface area (Å²) in [5.41, 5.74) is 0.136. The summed E-state index contributed by atoms with van der Waals surface area (Å²) < 4.78 is 4.81. The Kier molecular flexibility index (Phi) is 2.24. The van der Waals surface area contributed by atoms with Gasteiger partial charge in [-0.1, -0.05) is 11.6 Å². The monoisotopic (exact) mass is 169 g/mol. The minimum atomic E-state index is 0.136. The lowest BCUT2D eigenvalue weighted by atomic mass is 10.4. The SMILES string of the molecule is COc1cc(Cl)nnc1C#N. The van der Waals surface area contributed by atoms with Gasteiger partial charge in [-0.2, -0.15) is 5.26 Å². The van der Waals surface area contributed by atoms with E-state index in [-0.39, 0.29) is 10.8 Å². The van der Waals surface area contributed by atoms with Crippen LogP contribution in [-0.2, 0) is 0 Å². The summed E-state index contributed by atoms with van der Waals surface area (Å²) in [7, 11) is 1.44. The molecule has 0 amide bonds. The highest BCUT2D eigenvalue weighted by molar-refractivity contribution is 6.29. The van der Waals surface area contributed by atoms with Gasteiger partial charge < -0.3 is 4.74 Å². The summed E-state index contributed by atoms with van der Waals surface area (Å²) in [5.74, 6) is 0.340. The third-order valence-electron chi connectivity index (χ3n) is 1.05. The number of ether oxygens (including phenoxy) is 1. The van der Waals surface area contributed by atoms with Crippen LogP contribution in [0.1, 0.15) is 5.69 Å². The maximum Gasteiger partial charge on any atom is 0.204 e. The third-order valence-corrected chi connectivity index (χ3v) is 1.24. The Morgan fingerprint density at radius 1 is 1.64 bits per heavy atom. The summed E-state index contributed by atoms with van der Waals surface area (Å²) in [6.07, 6.45) is 0. The van der Waals surface area contributed by atoms with Gasteiger partial charge in [0.2, 0.25) is 5.69 Å². The molecule has 0 saturated carbocycles. The van der Waals surface area contributed by atoms with Crippen molar-refractivity contribution >= 4 is 11.6 Å². The van der Waals surface area contributed by atoms with E-state index in [1.807, 2.05) is 6.07 Å². The number of nitrogens with zero attached hydrogens (tertiary/aromatic N) is 3. The molecule has 11 heavy (non-hydrogen) atoms. The summed E-state index contributed by atoms with van der Waals surface area (Å²) in [5, 5.41) is 15.6. The molecule has 0 aliphatic heterocycles. The second-order valence-corrected chi connectivity index (χ2v) is 2.08. The molecule has 0 aliphatic rings. The van der Waals surface area contributed by atoms with Gasteiger partial charge in [0.15, 0.2) is 10.9 Å². The van der Waals surface area contributed by atoms with E-state index in [1.54, 1.807) is 0 Å². The lowest BCUT2D eigenvalue weighted by Gasteiger charge is -1.98. The molecule has 0 saturated heterocycles. The molecule has 0 unspecified atom stereocenters. The molecule has 0 bridgehead atoms. The first-order chi connectivity index (χ1) is 5.27. The summed E-state index contributed by atoms with van der Waals surface area (Å²) >= 11 is 5.49. The molecule has 1 aromatic rings. The van der Waals surface area contributed by atoms with Gasteiger partial charge in [0, 0.05) is 6.07 Å². The number of halogens is 1. The predicted octanol–water partition coefficient (Wildman–Crippen LogP) is 1.01. The molecule has 0 spiro atoms. The Hall–Kier alpha value is -1.34. The van der Waals surface area contributed by atoms with Gasteiger partial charge in [-0.05, 0) is 0 Å². The van der Waals surface area contributed by atoms with Gasteiger partial charge in [0.05, 0.1) is 7.11 Å². The standard InChI is InChI=1S/C6H4ClN3O/c1-11-5-2-6(7)10-9-4(5)3-8/h2H,1H3. The van der Waals surface area contributed by atoms with Crippen LogP contribution in [0.5, 0.6) is 5.75 Å². The molecular weight excluding hydrogens is 166 g/mol. The van der Waals surface area contributed by atoms with Crippen molar-refractivity contribution in [3.8, 4) is 11.8 Å². The molecule has 0 aliphatic carbocycles. The van der Waals surface area contributed by atoms with Gasteiger partial charge in [-0.15, -0.1) is 10.2 Å². The van der Waals surface area contributed by atoms with Crippen molar-refractivity contribution in [1.82, 2.24) is 10.2 Å². The fraction of sp³-hybridized carbons (Fsp3) is 0.167. The van der Waals surface area contributed by atoms with Gasteiger partial charge in [-0.3, -0.25) is 0 Å². The summed E-state index contributed by atoms with van der Waals surface area (Å²) in [4.78, 5) is 0. The zero-order valence-electron chi connectivity index (χ0n) is 5.71. The van der Waals surface area contributed by atoms with Crippen molar-refractivity contribution in [2.45, 2.75) is 0 Å². The van der Waals surface area contributed by atoms with Crippen molar-refractivity contribution in [2.24, 2.45) is 0 Å². The second-order valence-electron chi connectivity index (χ2n) is 1.70. The maximum atomic E-state index is 8.46. The van der Waals surface area contributed by atoms with Crippen molar-refractivity contribution < 1.29 is 4.74 Å². The molecule has 0 atom stereocenters. The van der Waals surface area contributed by atoms with Crippen LogP contribution in [0.15, 0.2) is 6.07 Å². The van der Waals surface area contributed by atoms with Gasteiger partial charge in [0.25, 0.3) is 0 Å². The first-order valence-corrected chi connectivity index (χ1v) is 3.13. The van der Waals surface area contributed by atoms with Crippen molar-refractivity contribution in [1.29, 1.82) is 5.26 Å². The lowest BCUT2D eigenvalue weighted by Crippen LogP contribution is -1.93. The van der Waals surface area contributed by atoms with E-state index in [4.69, 9.17) is 21.6 Å². The molecule has 56 valence electrons. The minimum Gasteiger partial charge on any atom is -0.494 e. The molecule has 1 aromatic heterocycles. The smallest absolute Gasteiger partial charge is 0.204 e. The van der Waals surface area contributed by atoms with Gasteiger partial charge in [0.1, 0.15) is 6.07 Å². The average molecular weight is 170 g/mol. The quantitative estimate of drug-likeness (QED) is 0.630. The van der Waals surface area contributed by atoms with Crippen molar-refractivity contribution in [3.05, 3.63) is 16.9 Å². The molecule has 1 heterocycles. The molecule has 4 nitrogen and oxygen atoms in total. The fourth-order valence-corrected chi connectivity index (χ4v) is 0.722. The van der Waals surface area contributed by atoms with Gasteiger partial charge in [-0.25, -0.2) is 0 Å². The summed E-state index contributed by atoms with van der Waals surface area (Å²) in [6, 6.07) is 3.25.